The molecule has 9 nitrogen and oxygen atoms in total. The molecule has 31 heavy (non-hydrogen) atoms. The van der Waals surface area contributed by atoms with Crippen molar-refractivity contribution in [3.05, 3.63) is 48.0 Å². The van der Waals surface area contributed by atoms with Crippen LogP contribution in [0, 0.1) is 10.8 Å². The normalized spacial score (nSPS) is 12.4. The van der Waals surface area contributed by atoms with E-state index in [9.17, 15) is 14.7 Å². The molecule has 0 aliphatic heterocycles. The lowest BCUT2D eigenvalue weighted by atomic mass is 9.90. The zero-order valence-electron chi connectivity index (χ0n) is 17.1. The second-order valence-electron chi connectivity index (χ2n) is 6.77. The monoisotopic (exact) mass is 441 g/mol. The number of benzene rings is 1. The first kappa shape index (κ1) is 23.9. The van der Waals surface area contributed by atoms with E-state index in [1.165, 1.54) is 38.1 Å². The number of nitrogens with one attached hydrogen (secondary N) is 3. The molecule has 0 aliphatic carbocycles. The van der Waals surface area contributed by atoms with E-state index in [1.807, 2.05) is 0 Å². The van der Waals surface area contributed by atoms with Crippen LogP contribution in [0.5, 0.6) is 5.75 Å². The van der Waals surface area contributed by atoms with Crippen LogP contribution in [0.1, 0.15) is 30.4 Å². The second kappa shape index (κ2) is 11.1. The van der Waals surface area contributed by atoms with Gasteiger partial charge >= 0.3 is 0 Å². The van der Waals surface area contributed by atoms with Crippen LogP contribution >= 0.6 is 12.2 Å². The second-order valence-corrected chi connectivity index (χ2v) is 7.04. The van der Waals surface area contributed by atoms with Crippen molar-refractivity contribution in [2.75, 3.05) is 12.4 Å². The van der Waals surface area contributed by atoms with Crippen molar-refractivity contribution in [3.63, 3.8) is 0 Å². The average Bonchev–Trinajstić information content (AvgIpc) is 2.77. The van der Waals surface area contributed by atoms with Crippen LogP contribution in [0.25, 0.3) is 0 Å². The Labute approximate surface area is 184 Å². The lowest BCUT2D eigenvalue weighted by Crippen LogP contribution is -2.43. The van der Waals surface area contributed by atoms with Gasteiger partial charge in [0.05, 0.1) is 25.3 Å². The van der Waals surface area contributed by atoms with Crippen molar-refractivity contribution in [2.45, 2.75) is 31.9 Å². The minimum Gasteiger partial charge on any atom is -0.497 e. The summed E-state index contributed by atoms with van der Waals surface area (Å²) in [6.07, 6.45) is 3.98. The van der Waals surface area contributed by atoms with Gasteiger partial charge in [0, 0.05) is 41.8 Å². The first-order valence-electron chi connectivity index (χ1n) is 9.25. The van der Waals surface area contributed by atoms with Crippen LogP contribution in [0.3, 0.4) is 0 Å². The Balaban J connectivity index is 2.40. The molecule has 4 N–H and O–H groups in total. The summed E-state index contributed by atoms with van der Waals surface area (Å²) >= 11 is 5.02. The number of ketones is 2. The number of carbonyl (C=O) groups is 2. The Morgan fingerprint density at radius 2 is 1.94 bits per heavy atom. The highest BCUT2D eigenvalue weighted by Crippen LogP contribution is 2.23. The number of aliphatic hydroxyl groups is 1. The van der Waals surface area contributed by atoms with Gasteiger partial charge in [-0.3, -0.25) is 9.59 Å². The number of ether oxygens (including phenoxy) is 1. The highest BCUT2D eigenvalue weighted by atomic mass is 32.1. The Kier molecular flexibility index (Phi) is 8.59. The average molecular weight is 442 g/mol. The Hall–Kier alpha value is -3.37. The lowest BCUT2D eigenvalue weighted by molar-refractivity contribution is -0.115. The summed E-state index contributed by atoms with van der Waals surface area (Å²) < 4.78 is 5.21. The molecule has 2 atom stereocenters. The highest BCUT2D eigenvalue weighted by Gasteiger charge is 2.31. The summed E-state index contributed by atoms with van der Waals surface area (Å²) in [7, 11) is 1.46. The molecule has 10 heteroatoms. The van der Waals surface area contributed by atoms with Gasteiger partial charge in [0.15, 0.2) is 0 Å². The first-order chi connectivity index (χ1) is 14.8. The lowest BCUT2D eigenvalue weighted by Gasteiger charge is -2.22. The summed E-state index contributed by atoms with van der Waals surface area (Å²) in [5.41, 5.74) is 0.838. The van der Waals surface area contributed by atoms with Crippen molar-refractivity contribution in [1.82, 2.24) is 9.97 Å². The quantitative estimate of drug-likeness (QED) is 0.289. The summed E-state index contributed by atoms with van der Waals surface area (Å²) in [5.74, 6) is -1.42. The number of rotatable bonds is 12. The van der Waals surface area contributed by atoms with Gasteiger partial charge in [0.1, 0.15) is 23.9 Å². The van der Waals surface area contributed by atoms with Crippen molar-refractivity contribution >= 4 is 46.3 Å². The van der Waals surface area contributed by atoms with Crippen LogP contribution in [0.4, 0.5) is 5.69 Å². The van der Waals surface area contributed by atoms with Crippen LogP contribution < -0.4 is 10.1 Å². The van der Waals surface area contributed by atoms with E-state index < -0.39 is 17.7 Å². The Bertz CT molecular complexity index is 974. The number of nitrogens with zero attached hydrogens (tertiary/aromatic N) is 2. The van der Waals surface area contributed by atoms with Gasteiger partial charge in [0.2, 0.25) is 5.78 Å². The van der Waals surface area contributed by atoms with E-state index in [1.54, 1.807) is 18.2 Å². The molecule has 1 aromatic carbocycles. The fourth-order valence-electron chi connectivity index (χ4n) is 2.89. The summed E-state index contributed by atoms with van der Waals surface area (Å²) in [6.45, 7) is 1.06. The summed E-state index contributed by atoms with van der Waals surface area (Å²) in [6, 6.07) is 3.53. The highest BCUT2D eigenvalue weighted by molar-refractivity contribution is 7.79. The third kappa shape index (κ3) is 6.30. The van der Waals surface area contributed by atoms with E-state index in [0.29, 0.717) is 22.6 Å². The van der Waals surface area contributed by atoms with Gasteiger partial charge in [-0.15, -0.1) is 0 Å². The van der Waals surface area contributed by atoms with Gasteiger partial charge in [-0.2, -0.15) is 0 Å². The van der Waals surface area contributed by atoms with E-state index in [2.05, 4.69) is 15.3 Å². The van der Waals surface area contributed by atoms with Crippen LogP contribution in [-0.2, 0) is 16.2 Å². The molecule has 0 saturated heterocycles. The third-order valence-electron chi connectivity index (χ3n) is 4.40. The fraction of sp³-hybridized carbons (Fsp3) is 0.286. The number of aliphatic hydroxyl groups excluding tert-OH is 1. The summed E-state index contributed by atoms with van der Waals surface area (Å²) in [4.78, 5) is 32.6. The molecule has 2 aromatic rings. The van der Waals surface area contributed by atoms with E-state index >= 15 is 0 Å². The molecular weight excluding hydrogens is 418 g/mol. The van der Waals surface area contributed by atoms with Crippen LogP contribution in [0.15, 0.2) is 36.9 Å². The number of anilines is 1. The predicted molar refractivity (Wildman–Crippen MR) is 121 cm³/mol. The fourth-order valence-corrected chi connectivity index (χ4v) is 3.19. The van der Waals surface area contributed by atoms with Crippen molar-refractivity contribution in [2.24, 2.45) is 0 Å². The molecule has 0 bridgehead atoms. The Morgan fingerprint density at radius 1 is 1.26 bits per heavy atom. The number of aromatic nitrogens is 2. The molecule has 0 fully saturated rings. The molecule has 2 rings (SSSR count). The van der Waals surface area contributed by atoms with Crippen LogP contribution in [0.2, 0.25) is 0 Å². The number of Topliss-reactive ketones (excluding diaryl/α,β-unsaturated/α-hetero) is 2. The molecule has 162 valence electrons. The smallest absolute Gasteiger partial charge is 0.205 e. The van der Waals surface area contributed by atoms with Crippen molar-refractivity contribution in [1.29, 1.82) is 10.8 Å². The molecule has 0 radical (unpaired) electrons. The minimum atomic E-state index is -1.28. The van der Waals surface area contributed by atoms with Gasteiger partial charge in [-0.05, 0) is 30.0 Å². The first-order valence-corrected chi connectivity index (χ1v) is 9.72. The standard InChI is InChI=1S/C21H23N5O4S/c1-12(28)3-18(22)20(26-15-4-13(9-27)5-16(6-15)30-2)21(29)19(23)17(10-31)14-7-24-11-25-8-14/h4-8,10-11,17,20,22-23,26-27H,3,9H2,1-2H3. The number of thiocarbonyl (C=S) groups is 1. The predicted octanol–water partition coefficient (Wildman–Crippen LogP) is 2.13. The maximum atomic E-state index is 13.2. The largest absolute Gasteiger partial charge is 0.497 e. The molecule has 0 spiro atoms. The molecule has 0 aliphatic rings. The van der Waals surface area contributed by atoms with Crippen molar-refractivity contribution < 1.29 is 19.4 Å². The zero-order chi connectivity index (χ0) is 23.0. The maximum absolute atomic E-state index is 13.2. The van der Waals surface area contributed by atoms with Crippen LogP contribution in [-0.4, -0.2) is 56.6 Å². The van der Waals surface area contributed by atoms with Gasteiger partial charge < -0.3 is 26.0 Å². The van der Waals surface area contributed by atoms with E-state index in [-0.39, 0.29) is 30.2 Å². The third-order valence-corrected chi connectivity index (χ3v) is 4.67. The number of carbonyl (C=O) groups excluding carboxylic acids is 2. The van der Waals surface area contributed by atoms with Gasteiger partial charge in [-0.25, -0.2) is 9.97 Å². The zero-order valence-corrected chi connectivity index (χ0v) is 17.9. The summed E-state index contributed by atoms with van der Waals surface area (Å²) in [5, 5.41) is 30.4. The number of hydrogen-bond donors (Lipinski definition) is 4. The van der Waals surface area contributed by atoms with Gasteiger partial charge in [-0.1, -0.05) is 12.2 Å². The SMILES string of the molecule is COc1cc(CO)cc(NC(C(=N)CC(C)=O)C(=O)C(=N)C(C=S)c2cncnc2)c1. The maximum Gasteiger partial charge on any atom is 0.205 e. The molecule has 0 saturated carbocycles. The number of hydrogen-bond acceptors (Lipinski definition) is 10. The van der Waals surface area contributed by atoms with Crippen molar-refractivity contribution in [3.8, 4) is 5.75 Å². The molecule has 0 amide bonds. The topological polar surface area (TPSA) is 149 Å². The minimum absolute atomic E-state index is 0.192. The Morgan fingerprint density at radius 3 is 2.48 bits per heavy atom. The van der Waals surface area contributed by atoms with Gasteiger partial charge in [0.25, 0.3) is 0 Å². The van der Waals surface area contributed by atoms with E-state index in [4.69, 9.17) is 27.8 Å². The molecule has 1 heterocycles. The number of methoxy groups -OCH3 is 1. The molecular formula is C21H23N5O4S. The molecule has 2 unspecified atom stereocenters. The molecule has 1 aromatic heterocycles. The van der Waals surface area contributed by atoms with E-state index in [0.717, 1.165) is 0 Å².